The van der Waals surface area contributed by atoms with Crippen molar-refractivity contribution in [2.45, 2.75) is 13.5 Å². The summed E-state index contributed by atoms with van der Waals surface area (Å²) in [6, 6.07) is 9.64. The van der Waals surface area contributed by atoms with E-state index in [0.29, 0.717) is 12.4 Å². The van der Waals surface area contributed by atoms with Crippen LogP contribution in [0.3, 0.4) is 0 Å². The summed E-state index contributed by atoms with van der Waals surface area (Å²) in [6.07, 6.45) is 0. The van der Waals surface area contributed by atoms with Gasteiger partial charge in [-0.1, -0.05) is 18.2 Å². The van der Waals surface area contributed by atoms with Crippen molar-refractivity contribution in [1.29, 1.82) is 0 Å². The maximum atomic E-state index is 10.9. The molecule has 0 bridgehead atoms. The number of nitrogens with zero attached hydrogens (tertiary/aromatic N) is 1. The number of amides is 1. The summed E-state index contributed by atoms with van der Waals surface area (Å²) in [4.78, 5) is 15.3. The lowest BCUT2D eigenvalue weighted by Gasteiger charge is -2.09. The number of benzene rings is 1. The smallest absolute Gasteiger partial charge is 0.217 e. The van der Waals surface area contributed by atoms with Crippen molar-refractivity contribution in [1.82, 2.24) is 10.3 Å². The molecule has 1 aromatic carbocycles. The minimum absolute atomic E-state index is 0.0511. The summed E-state index contributed by atoms with van der Waals surface area (Å²) in [5.41, 5.74) is 1.87. The molecule has 4 heteroatoms. The van der Waals surface area contributed by atoms with Gasteiger partial charge in [-0.25, -0.2) is 4.98 Å². The first kappa shape index (κ1) is 11.4. The number of ether oxygens (including phenoxy) is 1. The van der Waals surface area contributed by atoms with E-state index >= 15 is 0 Å². The summed E-state index contributed by atoms with van der Waals surface area (Å²) in [6.45, 7) is 1.98. The topological polar surface area (TPSA) is 51.2 Å². The van der Waals surface area contributed by atoms with Crippen LogP contribution in [-0.2, 0) is 11.3 Å². The fraction of sp³-hybridized carbons (Fsp3) is 0.231. The maximum absolute atomic E-state index is 10.9. The highest BCUT2D eigenvalue weighted by molar-refractivity contribution is 5.83. The number of nitrogens with one attached hydrogen (secondary N) is 1. The molecular formula is C13H14N2O2. The molecule has 4 nitrogen and oxygen atoms in total. The van der Waals surface area contributed by atoms with Gasteiger partial charge in [0.2, 0.25) is 11.8 Å². The Balaban J connectivity index is 2.46. The molecule has 2 rings (SSSR count). The molecule has 1 amide bonds. The minimum atomic E-state index is -0.0511. The number of hydrogen-bond acceptors (Lipinski definition) is 3. The van der Waals surface area contributed by atoms with Gasteiger partial charge in [-0.15, -0.1) is 0 Å². The molecule has 17 heavy (non-hydrogen) atoms. The van der Waals surface area contributed by atoms with Crippen LogP contribution in [0.1, 0.15) is 12.5 Å². The Morgan fingerprint density at radius 3 is 2.88 bits per heavy atom. The molecule has 0 atom stereocenters. The number of carbonyl (C=O) groups excluding carboxylic acids is 1. The van der Waals surface area contributed by atoms with E-state index in [1.54, 1.807) is 7.11 Å². The monoisotopic (exact) mass is 230 g/mol. The molecule has 1 aromatic heterocycles. The van der Waals surface area contributed by atoms with Gasteiger partial charge in [-0.2, -0.15) is 0 Å². The van der Waals surface area contributed by atoms with Crippen LogP contribution < -0.4 is 10.1 Å². The van der Waals surface area contributed by atoms with Gasteiger partial charge in [-0.3, -0.25) is 4.79 Å². The molecule has 0 radical (unpaired) electrons. The van der Waals surface area contributed by atoms with Crippen molar-refractivity contribution >= 4 is 16.8 Å². The first-order valence-corrected chi connectivity index (χ1v) is 5.38. The first-order valence-electron chi connectivity index (χ1n) is 5.38. The Morgan fingerprint density at radius 2 is 2.18 bits per heavy atom. The molecule has 0 aliphatic heterocycles. The van der Waals surface area contributed by atoms with E-state index in [-0.39, 0.29) is 5.91 Å². The van der Waals surface area contributed by atoms with Crippen LogP contribution in [0.5, 0.6) is 5.88 Å². The molecule has 2 aromatic rings. The van der Waals surface area contributed by atoms with Crippen molar-refractivity contribution < 1.29 is 9.53 Å². The van der Waals surface area contributed by atoms with Crippen LogP contribution in [0.4, 0.5) is 0 Å². The van der Waals surface area contributed by atoms with Crippen molar-refractivity contribution in [3.05, 3.63) is 35.9 Å². The van der Waals surface area contributed by atoms with E-state index in [4.69, 9.17) is 4.74 Å². The number of fused-ring (bicyclic) bond motifs is 1. The number of para-hydroxylation sites is 1. The lowest BCUT2D eigenvalue weighted by Crippen LogP contribution is -2.19. The molecule has 1 N–H and O–H groups in total. The second-order valence-electron chi connectivity index (χ2n) is 3.75. The number of carbonyl (C=O) groups is 1. The zero-order valence-corrected chi connectivity index (χ0v) is 9.86. The van der Waals surface area contributed by atoms with Crippen LogP contribution in [0.2, 0.25) is 0 Å². The summed E-state index contributed by atoms with van der Waals surface area (Å²) in [7, 11) is 1.58. The highest BCUT2D eigenvalue weighted by Crippen LogP contribution is 2.21. The van der Waals surface area contributed by atoms with Gasteiger partial charge in [0.05, 0.1) is 12.6 Å². The quantitative estimate of drug-likeness (QED) is 0.875. The predicted molar refractivity (Wildman–Crippen MR) is 65.8 cm³/mol. The number of aromatic nitrogens is 1. The fourth-order valence-electron chi connectivity index (χ4n) is 1.69. The maximum Gasteiger partial charge on any atom is 0.217 e. The molecule has 0 saturated heterocycles. The second kappa shape index (κ2) is 4.82. The van der Waals surface area contributed by atoms with Gasteiger partial charge in [-0.05, 0) is 11.6 Å². The molecule has 0 saturated carbocycles. The van der Waals surface area contributed by atoms with Gasteiger partial charge in [0, 0.05) is 24.9 Å². The first-order chi connectivity index (χ1) is 8.20. The van der Waals surface area contributed by atoms with Gasteiger partial charge < -0.3 is 10.1 Å². The highest BCUT2D eigenvalue weighted by atomic mass is 16.5. The summed E-state index contributed by atoms with van der Waals surface area (Å²) < 4.78 is 5.15. The van der Waals surface area contributed by atoms with Crippen LogP contribution in [-0.4, -0.2) is 18.0 Å². The molecule has 0 spiro atoms. The lowest BCUT2D eigenvalue weighted by molar-refractivity contribution is -0.119. The fourth-order valence-corrected chi connectivity index (χ4v) is 1.69. The summed E-state index contributed by atoms with van der Waals surface area (Å²) in [5, 5.41) is 3.81. The number of rotatable bonds is 3. The number of hydrogen-bond donors (Lipinski definition) is 1. The third-order valence-corrected chi connectivity index (χ3v) is 2.52. The lowest BCUT2D eigenvalue weighted by atomic mass is 10.1. The zero-order chi connectivity index (χ0) is 12.3. The van der Waals surface area contributed by atoms with Crippen LogP contribution in [0.25, 0.3) is 10.9 Å². The van der Waals surface area contributed by atoms with Crippen molar-refractivity contribution in [2.75, 3.05) is 7.11 Å². The van der Waals surface area contributed by atoms with E-state index in [2.05, 4.69) is 10.3 Å². The SMILES string of the molecule is COc1cc(CNC(C)=O)c2ccccc2n1. The average molecular weight is 230 g/mol. The Labute approximate surface area is 99.6 Å². The third kappa shape index (κ3) is 2.53. The molecule has 0 fully saturated rings. The third-order valence-electron chi connectivity index (χ3n) is 2.52. The van der Waals surface area contributed by atoms with Gasteiger partial charge in [0.15, 0.2) is 0 Å². The summed E-state index contributed by atoms with van der Waals surface area (Å²) in [5.74, 6) is 0.508. The van der Waals surface area contributed by atoms with Crippen molar-refractivity contribution in [2.24, 2.45) is 0 Å². The predicted octanol–water partition coefficient (Wildman–Crippen LogP) is 1.88. The highest BCUT2D eigenvalue weighted by Gasteiger charge is 2.05. The van der Waals surface area contributed by atoms with E-state index in [1.165, 1.54) is 6.92 Å². The summed E-state index contributed by atoms with van der Waals surface area (Å²) >= 11 is 0. The average Bonchev–Trinajstić information content (AvgIpc) is 2.35. The second-order valence-corrected chi connectivity index (χ2v) is 3.75. The minimum Gasteiger partial charge on any atom is -0.481 e. The Bertz CT molecular complexity index is 552. The zero-order valence-electron chi connectivity index (χ0n) is 9.86. The van der Waals surface area contributed by atoms with Gasteiger partial charge in [0.25, 0.3) is 0 Å². The molecule has 1 heterocycles. The van der Waals surface area contributed by atoms with Crippen LogP contribution >= 0.6 is 0 Å². The number of methoxy groups -OCH3 is 1. The molecule has 0 aliphatic rings. The van der Waals surface area contributed by atoms with E-state index < -0.39 is 0 Å². The Kier molecular flexibility index (Phi) is 3.23. The van der Waals surface area contributed by atoms with Crippen LogP contribution in [0, 0.1) is 0 Å². The normalized spacial score (nSPS) is 10.2. The molecule has 0 unspecified atom stereocenters. The van der Waals surface area contributed by atoms with Crippen LogP contribution in [0.15, 0.2) is 30.3 Å². The van der Waals surface area contributed by atoms with Gasteiger partial charge >= 0.3 is 0 Å². The molecular weight excluding hydrogens is 216 g/mol. The Morgan fingerprint density at radius 1 is 1.41 bits per heavy atom. The van der Waals surface area contributed by atoms with E-state index in [0.717, 1.165) is 16.5 Å². The van der Waals surface area contributed by atoms with Crippen molar-refractivity contribution in [3.63, 3.8) is 0 Å². The molecule has 0 aliphatic carbocycles. The molecule has 88 valence electrons. The standard InChI is InChI=1S/C13H14N2O2/c1-9(16)14-8-10-7-13(17-2)15-12-6-4-3-5-11(10)12/h3-7H,8H2,1-2H3,(H,14,16). The van der Waals surface area contributed by atoms with E-state index in [9.17, 15) is 4.79 Å². The Hall–Kier alpha value is -2.10. The van der Waals surface area contributed by atoms with Gasteiger partial charge in [0.1, 0.15) is 0 Å². The van der Waals surface area contributed by atoms with Crippen molar-refractivity contribution in [3.8, 4) is 5.88 Å². The number of pyridine rings is 1. The van der Waals surface area contributed by atoms with E-state index in [1.807, 2.05) is 30.3 Å². The largest absolute Gasteiger partial charge is 0.481 e.